The van der Waals surface area contributed by atoms with E-state index in [1.807, 2.05) is 0 Å². The van der Waals surface area contributed by atoms with Crippen molar-refractivity contribution >= 4 is 17.5 Å². The minimum atomic E-state index is -0.595. The zero-order chi connectivity index (χ0) is 13.7. The monoisotopic (exact) mass is 275 g/mol. The van der Waals surface area contributed by atoms with Crippen molar-refractivity contribution in [3.8, 4) is 23.1 Å². The van der Waals surface area contributed by atoms with E-state index >= 15 is 0 Å². The van der Waals surface area contributed by atoms with Crippen LogP contribution in [0, 0.1) is 11.3 Å². The Morgan fingerprint density at radius 2 is 2.16 bits per heavy atom. The van der Waals surface area contributed by atoms with Gasteiger partial charge in [0.1, 0.15) is 17.5 Å². The van der Waals surface area contributed by atoms with Gasteiger partial charge < -0.3 is 9.47 Å². The number of benzene rings is 1. The van der Waals surface area contributed by atoms with E-state index in [4.69, 9.17) is 14.7 Å². The Bertz CT molecular complexity index is 616. The second-order valence-electron chi connectivity index (χ2n) is 3.41. The van der Waals surface area contributed by atoms with Crippen molar-refractivity contribution in [1.29, 1.82) is 5.26 Å². The fourth-order valence-electron chi connectivity index (χ4n) is 1.43. The topological polar surface area (TPSA) is 85.1 Å². The first-order chi connectivity index (χ1) is 9.26. The van der Waals surface area contributed by atoms with Crippen molar-refractivity contribution in [3.63, 3.8) is 0 Å². The molecular weight excluding hydrogens is 266 g/mol. The molecule has 0 fully saturated rings. The molecule has 7 heteroatoms. The summed E-state index contributed by atoms with van der Waals surface area (Å²) in [6.07, 6.45) is 0. The maximum atomic E-state index is 11.7. The highest BCUT2D eigenvalue weighted by Crippen LogP contribution is 2.26. The van der Waals surface area contributed by atoms with Gasteiger partial charge in [0.25, 0.3) is 0 Å². The Morgan fingerprint density at radius 1 is 1.42 bits per heavy atom. The number of carbonyl (C=O) groups excluding carboxylic acids is 1. The standard InChI is InChI=1S/C12H9N3O3S/c1-17-9-4-2-8(3-5-9)10-11(19-15-14-10)12(16)18-7-6-13/h2-5H,7H2,1H3. The first-order valence-electron chi connectivity index (χ1n) is 5.27. The Hall–Kier alpha value is -2.46. The fourth-order valence-corrected chi connectivity index (χ4v) is 2.01. The highest BCUT2D eigenvalue weighted by atomic mass is 32.1. The Balaban J connectivity index is 2.28. The molecule has 0 aliphatic rings. The molecule has 0 atom stereocenters. The number of aromatic nitrogens is 2. The number of ether oxygens (including phenoxy) is 2. The van der Waals surface area contributed by atoms with Crippen LogP contribution in [0.15, 0.2) is 24.3 Å². The summed E-state index contributed by atoms with van der Waals surface area (Å²) >= 11 is 0.937. The summed E-state index contributed by atoms with van der Waals surface area (Å²) in [4.78, 5) is 12.0. The third kappa shape index (κ3) is 2.86. The number of hydrogen-bond donors (Lipinski definition) is 0. The van der Waals surface area contributed by atoms with Crippen molar-refractivity contribution in [2.75, 3.05) is 13.7 Å². The summed E-state index contributed by atoms with van der Waals surface area (Å²) in [6.45, 7) is -0.293. The zero-order valence-corrected chi connectivity index (χ0v) is 10.8. The van der Waals surface area contributed by atoms with Crippen LogP contribution in [-0.4, -0.2) is 29.3 Å². The predicted octanol–water partition coefficient (Wildman–Crippen LogP) is 1.89. The van der Waals surface area contributed by atoms with Crippen LogP contribution >= 0.6 is 11.5 Å². The highest BCUT2D eigenvalue weighted by Gasteiger charge is 2.19. The van der Waals surface area contributed by atoms with Crippen LogP contribution in [0.2, 0.25) is 0 Å². The summed E-state index contributed by atoms with van der Waals surface area (Å²) in [5, 5.41) is 12.3. The second-order valence-corrected chi connectivity index (χ2v) is 4.17. The van der Waals surface area contributed by atoms with Crippen molar-refractivity contribution < 1.29 is 14.3 Å². The number of nitriles is 1. The van der Waals surface area contributed by atoms with E-state index in [0.29, 0.717) is 11.4 Å². The third-order valence-corrected chi connectivity index (χ3v) is 3.01. The number of carbonyl (C=O) groups is 1. The number of rotatable bonds is 4. The Labute approximate surface area is 113 Å². The van der Waals surface area contributed by atoms with Gasteiger partial charge in [-0.05, 0) is 35.8 Å². The Kier molecular flexibility index (Phi) is 4.05. The molecule has 1 aromatic carbocycles. The molecule has 0 unspecified atom stereocenters. The molecule has 6 nitrogen and oxygen atoms in total. The molecule has 0 radical (unpaired) electrons. The van der Waals surface area contributed by atoms with Crippen LogP contribution in [-0.2, 0) is 4.74 Å². The van der Waals surface area contributed by atoms with Crippen LogP contribution in [0.4, 0.5) is 0 Å². The van der Waals surface area contributed by atoms with Gasteiger partial charge in [-0.15, -0.1) is 5.10 Å². The number of hydrogen-bond acceptors (Lipinski definition) is 7. The molecule has 2 aromatic rings. The highest BCUT2D eigenvalue weighted by molar-refractivity contribution is 7.08. The normalized spacial score (nSPS) is 9.68. The lowest BCUT2D eigenvalue weighted by atomic mass is 10.1. The first-order valence-corrected chi connectivity index (χ1v) is 6.04. The molecule has 0 amide bonds. The summed E-state index contributed by atoms with van der Waals surface area (Å²) in [5.41, 5.74) is 1.18. The molecule has 0 aliphatic carbocycles. The molecule has 0 saturated heterocycles. The van der Waals surface area contributed by atoms with Gasteiger partial charge in [-0.3, -0.25) is 0 Å². The van der Waals surface area contributed by atoms with Gasteiger partial charge in [-0.25, -0.2) is 4.79 Å². The van der Waals surface area contributed by atoms with Crippen molar-refractivity contribution in [3.05, 3.63) is 29.1 Å². The minimum Gasteiger partial charge on any atom is -0.497 e. The lowest BCUT2D eigenvalue weighted by Gasteiger charge is -2.02. The van der Waals surface area contributed by atoms with E-state index in [2.05, 4.69) is 9.59 Å². The van der Waals surface area contributed by atoms with E-state index in [9.17, 15) is 4.79 Å². The average Bonchev–Trinajstić information content (AvgIpc) is 2.94. The fraction of sp³-hybridized carbons (Fsp3) is 0.167. The van der Waals surface area contributed by atoms with Gasteiger partial charge in [-0.1, -0.05) is 4.49 Å². The van der Waals surface area contributed by atoms with Gasteiger partial charge in [0.2, 0.25) is 0 Å². The quantitative estimate of drug-likeness (QED) is 0.792. The third-order valence-electron chi connectivity index (χ3n) is 2.30. The maximum Gasteiger partial charge on any atom is 0.353 e. The Morgan fingerprint density at radius 3 is 2.79 bits per heavy atom. The smallest absolute Gasteiger partial charge is 0.353 e. The lowest BCUT2D eigenvalue weighted by Crippen LogP contribution is -2.04. The maximum absolute atomic E-state index is 11.7. The lowest BCUT2D eigenvalue weighted by molar-refractivity contribution is 0.0561. The molecule has 0 N–H and O–H groups in total. The van der Waals surface area contributed by atoms with Crippen molar-refractivity contribution in [1.82, 2.24) is 9.59 Å². The van der Waals surface area contributed by atoms with E-state index in [0.717, 1.165) is 17.1 Å². The molecule has 0 aliphatic heterocycles. The molecule has 96 valence electrons. The summed E-state index contributed by atoms with van der Waals surface area (Å²) in [5.74, 6) is 0.114. The summed E-state index contributed by atoms with van der Waals surface area (Å²) in [6, 6.07) is 8.81. The van der Waals surface area contributed by atoms with Gasteiger partial charge in [0, 0.05) is 5.56 Å². The molecule has 0 saturated carbocycles. The molecule has 0 spiro atoms. The van der Waals surface area contributed by atoms with Crippen molar-refractivity contribution in [2.24, 2.45) is 0 Å². The zero-order valence-electron chi connectivity index (χ0n) is 9.99. The van der Waals surface area contributed by atoms with Crippen molar-refractivity contribution in [2.45, 2.75) is 0 Å². The van der Waals surface area contributed by atoms with Crippen LogP contribution in [0.5, 0.6) is 5.75 Å². The number of esters is 1. The molecular formula is C12H9N3O3S. The van der Waals surface area contributed by atoms with E-state index in [1.165, 1.54) is 0 Å². The SMILES string of the molecule is COc1ccc(-c2nnsc2C(=O)OCC#N)cc1. The van der Waals surface area contributed by atoms with E-state index in [-0.39, 0.29) is 11.5 Å². The van der Waals surface area contributed by atoms with Crippen LogP contribution in [0.1, 0.15) is 9.67 Å². The van der Waals surface area contributed by atoms with Gasteiger partial charge in [0.15, 0.2) is 11.5 Å². The van der Waals surface area contributed by atoms with E-state index < -0.39 is 5.97 Å². The van der Waals surface area contributed by atoms with E-state index in [1.54, 1.807) is 37.4 Å². The molecule has 1 heterocycles. The number of methoxy groups -OCH3 is 1. The molecule has 2 rings (SSSR count). The number of nitrogens with zero attached hydrogens (tertiary/aromatic N) is 3. The summed E-state index contributed by atoms with van der Waals surface area (Å²) < 4.78 is 13.6. The molecule has 19 heavy (non-hydrogen) atoms. The van der Waals surface area contributed by atoms with Crippen LogP contribution < -0.4 is 4.74 Å². The molecule has 0 bridgehead atoms. The first kappa shape index (κ1) is 13.0. The van der Waals surface area contributed by atoms with Crippen LogP contribution in [0.3, 0.4) is 0 Å². The largest absolute Gasteiger partial charge is 0.497 e. The minimum absolute atomic E-state index is 0.278. The average molecular weight is 275 g/mol. The van der Waals surface area contributed by atoms with Crippen LogP contribution in [0.25, 0.3) is 11.3 Å². The molecule has 1 aromatic heterocycles. The van der Waals surface area contributed by atoms with Gasteiger partial charge >= 0.3 is 5.97 Å². The second kappa shape index (κ2) is 5.93. The van der Waals surface area contributed by atoms with Gasteiger partial charge in [0.05, 0.1) is 7.11 Å². The predicted molar refractivity (Wildman–Crippen MR) is 67.8 cm³/mol. The van der Waals surface area contributed by atoms with Gasteiger partial charge in [-0.2, -0.15) is 5.26 Å². The summed E-state index contributed by atoms with van der Waals surface area (Å²) in [7, 11) is 1.57.